The molecule has 7 nitrogen and oxygen atoms in total. The highest BCUT2D eigenvalue weighted by Crippen LogP contribution is 2.27. The van der Waals surface area contributed by atoms with Crippen molar-refractivity contribution >= 4 is 23.0 Å². The number of ether oxygens (including phenoxy) is 1. The molecule has 1 saturated heterocycles. The number of nitrogens with zero attached hydrogens (tertiary/aromatic N) is 3. The van der Waals surface area contributed by atoms with Gasteiger partial charge in [-0.25, -0.2) is 0 Å². The van der Waals surface area contributed by atoms with Gasteiger partial charge in [-0.2, -0.15) is 0 Å². The molecule has 0 radical (unpaired) electrons. The van der Waals surface area contributed by atoms with Gasteiger partial charge in [0.2, 0.25) is 5.91 Å². The molecule has 0 aromatic heterocycles. The molecule has 1 fully saturated rings. The smallest absolute Gasteiger partial charge is 0.406 e. The van der Waals surface area contributed by atoms with Crippen molar-refractivity contribution in [2.45, 2.75) is 6.36 Å². The van der Waals surface area contributed by atoms with Crippen LogP contribution >= 0.6 is 0 Å². The third-order valence-corrected chi connectivity index (χ3v) is 4.03. The summed E-state index contributed by atoms with van der Waals surface area (Å²) in [5.41, 5.74) is 1.09. The minimum absolute atomic E-state index is 0.0382. The van der Waals surface area contributed by atoms with E-state index >= 15 is 0 Å². The average Bonchev–Trinajstić information content (AvgIpc) is 2.61. The Morgan fingerprint density at radius 2 is 1.56 bits per heavy atom. The fourth-order valence-electron chi connectivity index (χ4n) is 2.78. The summed E-state index contributed by atoms with van der Waals surface area (Å²) in [6, 6.07) is 11.0. The van der Waals surface area contributed by atoms with Crippen molar-refractivity contribution in [2.24, 2.45) is 0 Å². The lowest BCUT2D eigenvalue weighted by Gasteiger charge is -2.35. The van der Waals surface area contributed by atoms with Crippen LogP contribution in [0, 0.1) is 10.1 Å². The highest BCUT2D eigenvalue weighted by Gasteiger charge is 2.31. The van der Waals surface area contributed by atoms with Gasteiger partial charge in [-0.05, 0) is 36.4 Å². The first-order chi connectivity index (χ1) is 12.7. The van der Waals surface area contributed by atoms with Gasteiger partial charge in [-0.1, -0.05) is 0 Å². The second kappa shape index (κ2) is 7.14. The number of carbonyl (C=O) groups is 1. The Morgan fingerprint density at radius 3 is 2.07 bits per heavy atom. The first kappa shape index (κ1) is 18.5. The first-order valence-corrected chi connectivity index (χ1v) is 7.88. The SMILES string of the molecule is O=C1CN(c2ccc(OC(F)(F)F)cc2)CCN1c1ccc([N+](=O)[O-])cc1. The molecule has 0 aliphatic carbocycles. The summed E-state index contributed by atoms with van der Waals surface area (Å²) >= 11 is 0. The van der Waals surface area contributed by atoms with Crippen LogP contribution in [-0.4, -0.2) is 36.8 Å². The minimum Gasteiger partial charge on any atom is -0.406 e. The van der Waals surface area contributed by atoms with E-state index in [-0.39, 0.29) is 23.9 Å². The molecule has 2 aromatic rings. The van der Waals surface area contributed by atoms with Crippen LogP contribution in [0.5, 0.6) is 5.75 Å². The number of carbonyl (C=O) groups excluding carboxylic acids is 1. The molecule has 0 bridgehead atoms. The van der Waals surface area contributed by atoms with Crippen LogP contribution in [-0.2, 0) is 4.79 Å². The number of anilines is 2. The summed E-state index contributed by atoms with van der Waals surface area (Å²) < 4.78 is 40.4. The zero-order valence-electron chi connectivity index (χ0n) is 13.8. The maximum atomic E-state index is 12.4. The molecular weight excluding hydrogens is 367 g/mol. The third-order valence-electron chi connectivity index (χ3n) is 4.03. The van der Waals surface area contributed by atoms with Crippen molar-refractivity contribution in [1.29, 1.82) is 0 Å². The molecule has 3 rings (SSSR count). The van der Waals surface area contributed by atoms with Crippen LogP contribution in [0.1, 0.15) is 0 Å². The van der Waals surface area contributed by atoms with Crippen molar-refractivity contribution in [3.05, 3.63) is 58.6 Å². The summed E-state index contributed by atoms with van der Waals surface area (Å²) in [6.07, 6.45) is -4.76. The molecule has 1 aliphatic rings. The summed E-state index contributed by atoms with van der Waals surface area (Å²) in [6.45, 7) is 0.843. The third kappa shape index (κ3) is 4.46. The first-order valence-electron chi connectivity index (χ1n) is 7.88. The Balaban J connectivity index is 1.66. The average molecular weight is 381 g/mol. The normalized spacial score (nSPS) is 15.0. The summed E-state index contributed by atoms with van der Waals surface area (Å²) in [5, 5.41) is 10.7. The van der Waals surface area contributed by atoms with Crippen molar-refractivity contribution in [3.63, 3.8) is 0 Å². The fraction of sp³-hybridized carbons (Fsp3) is 0.235. The predicted octanol–water partition coefficient (Wildman–Crippen LogP) is 3.35. The van der Waals surface area contributed by atoms with Crippen LogP contribution in [0.3, 0.4) is 0 Å². The van der Waals surface area contributed by atoms with Gasteiger partial charge in [0.25, 0.3) is 5.69 Å². The molecule has 1 heterocycles. The Hall–Kier alpha value is -3.30. The number of hydrogen-bond donors (Lipinski definition) is 0. The minimum atomic E-state index is -4.76. The van der Waals surface area contributed by atoms with Gasteiger partial charge in [0, 0.05) is 36.6 Å². The van der Waals surface area contributed by atoms with Gasteiger partial charge >= 0.3 is 6.36 Å². The van der Waals surface area contributed by atoms with E-state index in [1.54, 1.807) is 4.90 Å². The number of alkyl halides is 3. The lowest BCUT2D eigenvalue weighted by Crippen LogP contribution is -2.50. The van der Waals surface area contributed by atoms with Crippen molar-refractivity contribution in [1.82, 2.24) is 0 Å². The number of rotatable bonds is 4. The highest BCUT2D eigenvalue weighted by atomic mass is 19.4. The van der Waals surface area contributed by atoms with Crippen molar-refractivity contribution in [3.8, 4) is 5.75 Å². The number of halogens is 3. The maximum absolute atomic E-state index is 12.4. The van der Waals surface area contributed by atoms with E-state index in [0.717, 1.165) is 0 Å². The molecule has 0 saturated carbocycles. The summed E-state index contributed by atoms with van der Waals surface area (Å²) in [7, 11) is 0. The molecular formula is C17H14F3N3O4. The number of amides is 1. The molecule has 1 amide bonds. The highest BCUT2D eigenvalue weighted by molar-refractivity contribution is 5.97. The second-order valence-electron chi connectivity index (χ2n) is 5.78. The number of nitro benzene ring substituents is 1. The molecule has 0 unspecified atom stereocenters. The molecule has 27 heavy (non-hydrogen) atoms. The Labute approximate surface area is 151 Å². The Bertz CT molecular complexity index is 838. The van der Waals surface area contributed by atoms with Crippen LogP contribution in [0.15, 0.2) is 48.5 Å². The standard InChI is InChI=1S/C17H14F3N3O4/c18-17(19,20)27-15-7-5-12(6-8-15)21-9-10-22(16(24)11-21)13-1-3-14(4-2-13)23(25)26/h1-8H,9-11H2. The van der Waals surface area contributed by atoms with E-state index in [0.29, 0.717) is 24.5 Å². The fourth-order valence-corrected chi connectivity index (χ4v) is 2.78. The van der Waals surface area contributed by atoms with E-state index in [4.69, 9.17) is 0 Å². The monoisotopic (exact) mass is 381 g/mol. The second-order valence-corrected chi connectivity index (χ2v) is 5.78. The van der Waals surface area contributed by atoms with Gasteiger partial charge < -0.3 is 14.5 Å². The number of non-ortho nitro benzene ring substituents is 1. The molecule has 0 spiro atoms. The molecule has 2 aromatic carbocycles. The van der Waals surface area contributed by atoms with E-state index in [2.05, 4.69) is 4.74 Å². The van der Waals surface area contributed by atoms with Crippen LogP contribution in [0.2, 0.25) is 0 Å². The van der Waals surface area contributed by atoms with E-state index in [1.807, 2.05) is 0 Å². The van der Waals surface area contributed by atoms with E-state index in [1.165, 1.54) is 53.4 Å². The largest absolute Gasteiger partial charge is 0.573 e. The Kier molecular flexibility index (Phi) is 4.89. The number of benzene rings is 2. The molecule has 1 aliphatic heterocycles. The molecule has 0 atom stereocenters. The summed E-state index contributed by atoms with van der Waals surface area (Å²) in [4.78, 5) is 25.9. The van der Waals surface area contributed by atoms with Gasteiger partial charge in [-0.15, -0.1) is 13.2 Å². The van der Waals surface area contributed by atoms with Crippen LogP contribution in [0.25, 0.3) is 0 Å². The molecule has 10 heteroatoms. The van der Waals surface area contributed by atoms with Gasteiger partial charge in [0.05, 0.1) is 11.5 Å². The van der Waals surface area contributed by atoms with Gasteiger partial charge in [0.1, 0.15) is 5.75 Å². The Morgan fingerprint density at radius 1 is 0.963 bits per heavy atom. The lowest BCUT2D eigenvalue weighted by atomic mass is 10.2. The zero-order valence-corrected chi connectivity index (χ0v) is 13.8. The van der Waals surface area contributed by atoms with Crippen molar-refractivity contribution < 1.29 is 27.6 Å². The molecule has 0 N–H and O–H groups in total. The van der Waals surface area contributed by atoms with E-state index < -0.39 is 11.3 Å². The zero-order chi connectivity index (χ0) is 19.6. The van der Waals surface area contributed by atoms with Gasteiger partial charge in [-0.3, -0.25) is 14.9 Å². The number of hydrogen-bond acceptors (Lipinski definition) is 5. The molecule has 142 valence electrons. The lowest BCUT2D eigenvalue weighted by molar-refractivity contribution is -0.384. The quantitative estimate of drug-likeness (QED) is 0.600. The maximum Gasteiger partial charge on any atom is 0.573 e. The number of piperazine rings is 1. The summed E-state index contributed by atoms with van der Waals surface area (Å²) in [5.74, 6) is -0.548. The number of nitro groups is 1. The van der Waals surface area contributed by atoms with Gasteiger partial charge in [0.15, 0.2) is 0 Å². The van der Waals surface area contributed by atoms with E-state index in [9.17, 15) is 28.1 Å². The van der Waals surface area contributed by atoms with Crippen LogP contribution in [0.4, 0.5) is 30.2 Å². The van der Waals surface area contributed by atoms with Crippen LogP contribution < -0.4 is 14.5 Å². The van der Waals surface area contributed by atoms with Crippen molar-refractivity contribution in [2.75, 3.05) is 29.4 Å². The predicted molar refractivity (Wildman–Crippen MR) is 90.8 cm³/mol. The topological polar surface area (TPSA) is 75.9 Å².